The number of anilines is 2. The smallest absolute Gasteiger partial charge is 0.230 e. The average molecular weight is 284 g/mol. The number of hydrogen-bond acceptors (Lipinski definition) is 2. The summed E-state index contributed by atoms with van der Waals surface area (Å²) in [6.45, 7) is 2.93. The molecule has 2 N–H and O–H groups in total. The van der Waals surface area contributed by atoms with Crippen LogP contribution < -0.4 is 10.6 Å². The zero-order valence-electron chi connectivity index (χ0n) is 12.7. The number of carbonyl (C=O) groups is 1. The highest BCUT2D eigenvalue weighted by Gasteiger charge is 2.68. The van der Waals surface area contributed by atoms with Gasteiger partial charge in [0.15, 0.2) is 0 Å². The van der Waals surface area contributed by atoms with Crippen molar-refractivity contribution in [3.63, 3.8) is 0 Å². The molecule has 0 aromatic heterocycles. The minimum Gasteiger partial charge on any atom is -0.399 e. The molecule has 3 saturated carbocycles. The Morgan fingerprint density at radius 1 is 1.29 bits per heavy atom. The van der Waals surface area contributed by atoms with Crippen molar-refractivity contribution in [2.75, 3.05) is 17.2 Å². The Balaban J connectivity index is 1.56. The van der Waals surface area contributed by atoms with Crippen molar-refractivity contribution in [3.05, 3.63) is 24.3 Å². The summed E-state index contributed by atoms with van der Waals surface area (Å²) in [5.74, 6) is 3.77. The van der Waals surface area contributed by atoms with E-state index in [0.29, 0.717) is 23.7 Å². The largest absolute Gasteiger partial charge is 0.399 e. The van der Waals surface area contributed by atoms with Crippen LogP contribution in [0.25, 0.3) is 0 Å². The van der Waals surface area contributed by atoms with Gasteiger partial charge in [-0.15, -0.1) is 0 Å². The molecule has 0 heterocycles. The molecule has 0 saturated heterocycles. The van der Waals surface area contributed by atoms with E-state index in [2.05, 4.69) is 6.92 Å². The van der Waals surface area contributed by atoms with E-state index in [1.807, 2.05) is 29.2 Å². The van der Waals surface area contributed by atoms with Gasteiger partial charge in [0.25, 0.3) is 0 Å². The minimum atomic E-state index is 0.309. The van der Waals surface area contributed by atoms with Gasteiger partial charge in [-0.2, -0.15) is 0 Å². The SMILES string of the molecule is CCCN(C(=O)C1C2C3CCC(C3)C12)c1cccc(N)c1. The third kappa shape index (κ3) is 1.97. The van der Waals surface area contributed by atoms with Crippen molar-refractivity contribution in [2.45, 2.75) is 32.6 Å². The third-order valence-corrected chi connectivity index (χ3v) is 5.92. The molecule has 4 atom stereocenters. The second kappa shape index (κ2) is 4.75. The predicted molar refractivity (Wildman–Crippen MR) is 84.8 cm³/mol. The molecule has 3 aliphatic carbocycles. The second-order valence-corrected chi connectivity index (χ2v) is 7.10. The Morgan fingerprint density at radius 2 is 2.00 bits per heavy atom. The van der Waals surface area contributed by atoms with Gasteiger partial charge in [0.2, 0.25) is 5.91 Å². The summed E-state index contributed by atoms with van der Waals surface area (Å²) >= 11 is 0. The predicted octanol–water partition coefficient (Wildman–Crippen LogP) is 3.30. The van der Waals surface area contributed by atoms with Crippen molar-refractivity contribution in [1.82, 2.24) is 0 Å². The minimum absolute atomic E-state index is 0.309. The number of nitrogens with two attached hydrogens (primary N) is 1. The van der Waals surface area contributed by atoms with Crippen LogP contribution in [0.3, 0.4) is 0 Å². The first-order valence-electron chi connectivity index (χ1n) is 8.37. The molecule has 112 valence electrons. The third-order valence-electron chi connectivity index (χ3n) is 5.92. The lowest BCUT2D eigenvalue weighted by Crippen LogP contribution is -2.34. The van der Waals surface area contributed by atoms with Gasteiger partial charge in [-0.05, 0) is 67.6 Å². The maximum absolute atomic E-state index is 13.0. The van der Waals surface area contributed by atoms with Gasteiger partial charge in [-0.1, -0.05) is 13.0 Å². The Labute approximate surface area is 126 Å². The van der Waals surface area contributed by atoms with Gasteiger partial charge in [0.1, 0.15) is 0 Å². The number of benzene rings is 1. The van der Waals surface area contributed by atoms with Crippen LogP contribution in [0.1, 0.15) is 32.6 Å². The molecule has 3 heteroatoms. The Bertz CT molecular complexity index is 554. The van der Waals surface area contributed by atoms with Crippen LogP contribution in [-0.4, -0.2) is 12.5 Å². The molecule has 1 aromatic carbocycles. The lowest BCUT2D eigenvalue weighted by atomic mass is 10.0. The number of nitrogen functional groups attached to an aromatic ring is 1. The highest BCUT2D eigenvalue weighted by atomic mass is 16.2. The van der Waals surface area contributed by atoms with Crippen molar-refractivity contribution in [3.8, 4) is 0 Å². The lowest BCUT2D eigenvalue weighted by molar-refractivity contribution is -0.120. The average Bonchev–Trinajstić information content (AvgIpc) is 2.92. The number of hydrogen-bond donors (Lipinski definition) is 1. The van der Waals surface area contributed by atoms with Gasteiger partial charge in [-0.25, -0.2) is 0 Å². The van der Waals surface area contributed by atoms with Crippen LogP contribution in [0, 0.1) is 29.6 Å². The van der Waals surface area contributed by atoms with E-state index in [4.69, 9.17) is 5.73 Å². The van der Waals surface area contributed by atoms with E-state index in [1.54, 1.807) is 0 Å². The van der Waals surface area contributed by atoms with Crippen molar-refractivity contribution < 1.29 is 4.79 Å². The van der Waals surface area contributed by atoms with Crippen molar-refractivity contribution in [1.29, 1.82) is 0 Å². The number of fused-ring (bicyclic) bond motifs is 5. The normalized spacial score (nSPS) is 35.6. The number of amides is 1. The van der Waals surface area contributed by atoms with Crippen molar-refractivity contribution >= 4 is 17.3 Å². The zero-order chi connectivity index (χ0) is 14.6. The van der Waals surface area contributed by atoms with E-state index in [0.717, 1.165) is 36.2 Å². The molecule has 1 aromatic rings. The Morgan fingerprint density at radius 3 is 2.62 bits per heavy atom. The fraction of sp³-hybridized carbons (Fsp3) is 0.611. The molecule has 0 aliphatic heterocycles. The highest BCUT2D eigenvalue weighted by molar-refractivity contribution is 5.97. The monoisotopic (exact) mass is 284 g/mol. The molecule has 4 rings (SSSR count). The van der Waals surface area contributed by atoms with E-state index >= 15 is 0 Å². The fourth-order valence-corrected chi connectivity index (χ4v) is 5.12. The summed E-state index contributed by atoms with van der Waals surface area (Å²) < 4.78 is 0. The summed E-state index contributed by atoms with van der Waals surface area (Å²) in [5.41, 5.74) is 7.60. The van der Waals surface area contributed by atoms with Gasteiger partial charge in [0.05, 0.1) is 0 Å². The van der Waals surface area contributed by atoms with Crippen LogP contribution >= 0.6 is 0 Å². The molecule has 21 heavy (non-hydrogen) atoms. The molecule has 2 bridgehead atoms. The Kier molecular flexibility index (Phi) is 2.98. The van der Waals surface area contributed by atoms with Crippen LogP contribution in [0.5, 0.6) is 0 Å². The summed E-state index contributed by atoms with van der Waals surface area (Å²) in [6.07, 6.45) is 5.10. The van der Waals surface area contributed by atoms with Gasteiger partial charge in [0, 0.05) is 23.8 Å². The highest BCUT2D eigenvalue weighted by Crippen LogP contribution is 2.69. The van der Waals surface area contributed by atoms with Gasteiger partial charge >= 0.3 is 0 Å². The molecule has 1 amide bonds. The summed E-state index contributed by atoms with van der Waals surface area (Å²) in [5, 5.41) is 0. The topological polar surface area (TPSA) is 46.3 Å². The standard InChI is InChI=1S/C18H24N2O/c1-2-8-20(14-5-3-4-13(19)10-14)18(21)17-15-11-6-7-12(9-11)16(15)17/h3-5,10-12,15-17H,2,6-9,19H2,1H3. The molecule has 3 nitrogen and oxygen atoms in total. The van der Waals surface area contributed by atoms with E-state index in [1.165, 1.54) is 19.3 Å². The number of rotatable bonds is 4. The summed E-state index contributed by atoms with van der Waals surface area (Å²) in [4.78, 5) is 15.0. The number of carbonyl (C=O) groups excluding carboxylic acids is 1. The van der Waals surface area contributed by atoms with Crippen LogP contribution in [0.15, 0.2) is 24.3 Å². The van der Waals surface area contributed by atoms with E-state index in [-0.39, 0.29) is 0 Å². The first-order valence-corrected chi connectivity index (χ1v) is 8.37. The maximum atomic E-state index is 13.0. The molecular formula is C18H24N2O. The molecule has 3 aliphatic rings. The summed E-state index contributed by atoms with van der Waals surface area (Å²) in [7, 11) is 0. The van der Waals surface area contributed by atoms with E-state index in [9.17, 15) is 4.79 Å². The second-order valence-electron chi connectivity index (χ2n) is 7.10. The van der Waals surface area contributed by atoms with Gasteiger partial charge in [-0.3, -0.25) is 4.79 Å². The van der Waals surface area contributed by atoms with Crippen LogP contribution in [0.2, 0.25) is 0 Å². The quantitative estimate of drug-likeness (QED) is 0.862. The van der Waals surface area contributed by atoms with Crippen molar-refractivity contribution in [2.24, 2.45) is 29.6 Å². The molecule has 3 fully saturated rings. The first-order chi connectivity index (χ1) is 10.2. The lowest BCUT2D eigenvalue weighted by Gasteiger charge is -2.24. The maximum Gasteiger partial charge on any atom is 0.230 e. The van der Waals surface area contributed by atoms with Crippen LogP contribution in [0.4, 0.5) is 11.4 Å². The molecule has 0 radical (unpaired) electrons. The van der Waals surface area contributed by atoms with E-state index < -0.39 is 0 Å². The fourth-order valence-electron chi connectivity index (χ4n) is 5.12. The van der Waals surface area contributed by atoms with Crippen LogP contribution in [-0.2, 0) is 4.79 Å². The molecule has 4 unspecified atom stereocenters. The molecular weight excluding hydrogens is 260 g/mol. The van der Waals surface area contributed by atoms with Gasteiger partial charge < -0.3 is 10.6 Å². The summed E-state index contributed by atoms with van der Waals surface area (Å²) in [6, 6.07) is 7.76. The number of nitrogens with zero attached hydrogens (tertiary/aromatic N) is 1. The Hall–Kier alpha value is -1.51. The first kappa shape index (κ1) is 13.2. The zero-order valence-corrected chi connectivity index (χ0v) is 12.7. The molecule has 0 spiro atoms.